The summed E-state index contributed by atoms with van der Waals surface area (Å²) in [5.41, 5.74) is 0.605. The van der Waals surface area contributed by atoms with Gasteiger partial charge in [0.15, 0.2) is 0 Å². The number of hydrogen-bond donors (Lipinski definition) is 2. The summed E-state index contributed by atoms with van der Waals surface area (Å²) in [5.74, 6) is 2.08. The van der Waals surface area contributed by atoms with Gasteiger partial charge in [-0.05, 0) is 51.8 Å². The number of aryl methyl sites for hydroxylation is 1. The highest BCUT2D eigenvalue weighted by atomic mass is 16.5. The lowest BCUT2D eigenvalue weighted by Gasteiger charge is -2.26. The maximum absolute atomic E-state index is 12.3. The van der Waals surface area contributed by atoms with E-state index in [1.165, 1.54) is 0 Å². The van der Waals surface area contributed by atoms with Crippen LogP contribution < -0.4 is 15.4 Å². The van der Waals surface area contributed by atoms with Gasteiger partial charge in [0, 0.05) is 17.7 Å². The Bertz CT molecular complexity index is 534. The van der Waals surface area contributed by atoms with E-state index >= 15 is 0 Å². The molecule has 1 saturated heterocycles. The predicted molar refractivity (Wildman–Crippen MR) is 80.0 cm³/mol. The molecule has 0 aromatic carbocycles. The molecule has 3 rings (SSSR count). The van der Waals surface area contributed by atoms with Gasteiger partial charge in [-0.2, -0.15) is 0 Å². The van der Waals surface area contributed by atoms with E-state index < -0.39 is 5.54 Å². The monoisotopic (exact) mass is 289 g/mol. The van der Waals surface area contributed by atoms with Crippen molar-refractivity contribution in [2.45, 2.75) is 26.3 Å². The molecular formula is C16H23N3O2. The molecule has 2 unspecified atom stereocenters. The van der Waals surface area contributed by atoms with Crippen LogP contribution >= 0.6 is 0 Å². The van der Waals surface area contributed by atoms with E-state index in [1.807, 2.05) is 32.9 Å². The van der Waals surface area contributed by atoms with E-state index in [0.29, 0.717) is 24.3 Å². The predicted octanol–water partition coefficient (Wildman–Crippen LogP) is 1.13. The highest BCUT2D eigenvalue weighted by Gasteiger charge is 2.57. The van der Waals surface area contributed by atoms with Gasteiger partial charge in [0.1, 0.15) is 6.61 Å². The highest BCUT2D eigenvalue weighted by molar-refractivity contribution is 5.83. The Labute approximate surface area is 125 Å². The van der Waals surface area contributed by atoms with Gasteiger partial charge in [0.05, 0.1) is 5.54 Å². The fourth-order valence-corrected chi connectivity index (χ4v) is 3.13. The van der Waals surface area contributed by atoms with Crippen LogP contribution in [0.4, 0.5) is 0 Å². The first kappa shape index (κ1) is 14.3. The summed E-state index contributed by atoms with van der Waals surface area (Å²) < 4.78 is 5.76. The van der Waals surface area contributed by atoms with Crippen LogP contribution in [0, 0.1) is 24.7 Å². The van der Waals surface area contributed by atoms with Gasteiger partial charge in [-0.15, -0.1) is 0 Å². The number of amides is 1. The van der Waals surface area contributed by atoms with Gasteiger partial charge >= 0.3 is 0 Å². The van der Waals surface area contributed by atoms with Crippen molar-refractivity contribution in [3.05, 3.63) is 23.9 Å². The lowest BCUT2D eigenvalue weighted by atomic mass is 10.1. The SMILES string of the molecule is Cc1cccnc1OCC(C)(C)NC(=O)C1C2CNC[C@@H]21. The molecule has 2 N–H and O–H groups in total. The van der Waals surface area contributed by atoms with E-state index in [1.54, 1.807) is 6.20 Å². The number of ether oxygens (including phenoxy) is 1. The van der Waals surface area contributed by atoms with Crippen LogP contribution in [-0.4, -0.2) is 36.1 Å². The molecule has 1 aliphatic heterocycles. The zero-order valence-electron chi connectivity index (χ0n) is 12.8. The number of piperidine rings is 1. The molecule has 114 valence electrons. The van der Waals surface area contributed by atoms with Crippen molar-refractivity contribution in [2.24, 2.45) is 17.8 Å². The summed E-state index contributed by atoms with van der Waals surface area (Å²) in [7, 11) is 0. The fraction of sp³-hybridized carbons (Fsp3) is 0.625. The summed E-state index contributed by atoms with van der Waals surface area (Å²) >= 11 is 0. The fourth-order valence-electron chi connectivity index (χ4n) is 3.13. The van der Waals surface area contributed by atoms with E-state index in [0.717, 1.165) is 18.7 Å². The van der Waals surface area contributed by atoms with E-state index in [9.17, 15) is 4.79 Å². The first-order valence-electron chi connectivity index (χ1n) is 7.55. The summed E-state index contributed by atoms with van der Waals surface area (Å²) in [4.78, 5) is 16.5. The molecule has 1 aromatic heterocycles. The quantitative estimate of drug-likeness (QED) is 0.853. The molecule has 5 heteroatoms. The van der Waals surface area contributed by atoms with Crippen molar-refractivity contribution in [3.8, 4) is 5.88 Å². The minimum atomic E-state index is -0.397. The Hall–Kier alpha value is -1.62. The minimum Gasteiger partial charge on any atom is -0.475 e. The number of carbonyl (C=O) groups excluding carboxylic acids is 1. The molecule has 1 amide bonds. The molecule has 5 nitrogen and oxygen atoms in total. The van der Waals surface area contributed by atoms with E-state index in [-0.39, 0.29) is 11.8 Å². The summed E-state index contributed by atoms with van der Waals surface area (Å²) in [6, 6.07) is 3.85. The molecular weight excluding hydrogens is 266 g/mol. The van der Waals surface area contributed by atoms with Crippen molar-refractivity contribution >= 4 is 5.91 Å². The molecule has 21 heavy (non-hydrogen) atoms. The Morgan fingerprint density at radius 1 is 1.48 bits per heavy atom. The van der Waals surface area contributed by atoms with Crippen LogP contribution in [0.1, 0.15) is 19.4 Å². The number of nitrogens with one attached hydrogen (secondary N) is 2. The first-order chi connectivity index (χ1) is 9.98. The number of rotatable bonds is 5. The molecule has 2 heterocycles. The molecule has 2 aliphatic rings. The van der Waals surface area contributed by atoms with Gasteiger partial charge < -0.3 is 15.4 Å². The average Bonchev–Trinajstić information content (AvgIpc) is 2.92. The highest BCUT2D eigenvalue weighted by Crippen LogP contribution is 2.48. The lowest BCUT2D eigenvalue weighted by molar-refractivity contribution is -0.125. The van der Waals surface area contributed by atoms with Gasteiger partial charge in [0.2, 0.25) is 11.8 Å². The molecule has 1 aliphatic carbocycles. The smallest absolute Gasteiger partial charge is 0.224 e. The topological polar surface area (TPSA) is 63.2 Å². The van der Waals surface area contributed by atoms with Crippen LogP contribution in [0.3, 0.4) is 0 Å². The van der Waals surface area contributed by atoms with Crippen molar-refractivity contribution in [2.75, 3.05) is 19.7 Å². The molecule has 1 aromatic rings. The van der Waals surface area contributed by atoms with Gasteiger partial charge in [-0.25, -0.2) is 4.98 Å². The Kier molecular flexibility index (Phi) is 3.61. The second-order valence-electron chi connectivity index (χ2n) is 6.80. The Morgan fingerprint density at radius 2 is 2.19 bits per heavy atom. The van der Waals surface area contributed by atoms with Crippen LogP contribution in [0.5, 0.6) is 5.88 Å². The van der Waals surface area contributed by atoms with Crippen molar-refractivity contribution < 1.29 is 9.53 Å². The van der Waals surface area contributed by atoms with Crippen LogP contribution in [0.15, 0.2) is 18.3 Å². The molecule has 0 bridgehead atoms. The number of aromatic nitrogens is 1. The zero-order valence-corrected chi connectivity index (χ0v) is 12.8. The van der Waals surface area contributed by atoms with Gasteiger partial charge in [-0.3, -0.25) is 4.79 Å². The number of pyridine rings is 1. The summed E-state index contributed by atoms with van der Waals surface area (Å²) in [6.45, 7) is 8.31. The first-order valence-corrected chi connectivity index (χ1v) is 7.55. The number of nitrogens with zero attached hydrogens (tertiary/aromatic N) is 1. The average molecular weight is 289 g/mol. The summed E-state index contributed by atoms with van der Waals surface area (Å²) in [5, 5.41) is 6.43. The van der Waals surface area contributed by atoms with E-state index in [2.05, 4.69) is 15.6 Å². The normalized spacial score (nSPS) is 27.1. The number of hydrogen-bond acceptors (Lipinski definition) is 4. The van der Waals surface area contributed by atoms with Gasteiger partial charge in [-0.1, -0.05) is 6.07 Å². The van der Waals surface area contributed by atoms with Crippen LogP contribution in [0.2, 0.25) is 0 Å². The minimum absolute atomic E-state index is 0.165. The van der Waals surface area contributed by atoms with Gasteiger partial charge in [0.25, 0.3) is 0 Å². The third kappa shape index (κ3) is 3.02. The molecule has 1 saturated carbocycles. The maximum atomic E-state index is 12.3. The lowest BCUT2D eigenvalue weighted by Crippen LogP contribution is -2.49. The van der Waals surface area contributed by atoms with Crippen molar-refractivity contribution in [1.29, 1.82) is 0 Å². The van der Waals surface area contributed by atoms with Crippen molar-refractivity contribution in [1.82, 2.24) is 15.6 Å². The number of fused-ring (bicyclic) bond motifs is 1. The Balaban J connectivity index is 1.52. The largest absolute Gasteiger partial charge is 0.475 e. The summed E-state index contributed by atoms with van der Waals surface area (Å²) in [6.07, 6.45) is 1.71. The maximum Gasteiger partial charge on any atom is 0.224 e. The third-order valence-corrected chi connectivity index (χ3v) is 4.39. The second-order valence-corrected chi connectivity index (χ2v) is 6.80. The van der Waals surface area contributed by atoms with Crippen LogP contribution in [0.25, 0.3) is 0 Å². The third-order valence-electron chi connectivity index (χ3n) is 4.39. The molecule has 0 spiro atoms. The molecule has 3 atom stereocenters. The molecule has 2 fully saturated rings. The number of carbonyl (C=O) groups is 1. The van der Waals surface area contributed by atoms with E-state index in [4.69, 9.17) is 4.74 Å². The Morgan fingerprint density at radius 3 is 2.86 bits per heavy atom. The standard InChI is InChI=1S/C16H23N3O2/c1-10-5-4-6-18-15(10)21-9-16(2,3)19-14(20)13-11-7-17-8-12(11)13/h4-6,11-13,17H,7-9H2,1-3H3,(H,19,20)/t11-,12?,13?/m0/s1. The second kappa shape index (κ2) is 5.30. The van der Waals surface area contributed by atoms with Crippen LogP contribution in [-0.2, 0) is 4.79 Å². The zero-order chi connectivity index (χ0) is 15.0. The van der Waals surface area contributed by atoms with Crippen molar-refractivity contribution in [3.63, 3.8) is 0 Å². The molecule has 0 radical (unpaired) electrons.